The third kappa shape index (κ3) is 3.57. The molecule has 0 saturated heterocycles. The number of thiazole rings is 1. The second-order valence-corrected chi connectivity index (χ2v) is 6.19. The van der Waals surface area contributed by atoms with Gasteiger partial charge >= 0.3 is 5.97 Å². The molecule has 116 valence electrons. The maximum Gasteiger partial charge on any atom is 0.350 e. The van der Waals surface area contributed by atoms with Crippen LogP contribution in [0.1, 0.15) is 20.9 Å². The minimum Gasteiger partial charge on any atom is -0.456 e. The molecule has 4 nitrogen and oxygen atoms in total. The molecule has 1 aromatic carbocycles. The Morgan fingerprint density at radius 3 is 2.74 bits per heavy atom. The lowest BCUT2D eigenvalue weighted by atomic mass is 10.2. The second kappa shape index (κ2) is 6.89. The Bertz CT molecular complexity index is 834. The highest BCUT2D eigenvalue weighted by molar-refractivity contribution is 7.17. The lowest BCUT2D eigenvalue weighted by Crippen LogP contribution is -2.05. The van der Waals surface area contributed by atoms with E-state index in [9.17, 15) is 4.79 Å². The zero-order valence-electron chi connectivity index (χ0n) is 12.3. The number of rotatable bonds is 4. The van der Waals surface area contributed by atoms with Gasteiger partial charge in [-0.2, -0.15) is 0 Å². The highest BCUT2D eigenvalue weighted by Gasteiger charge is 2.18. The summed E-state index contributed by atoms with van der Waals surface area (Å²) >= 11 is 7.28. The number of halogens is 1. The molecule has 0 N–H and O–H groups in total. The lowest BCUT2D eigenvalue weighted by molar-refractivity contribution is 0.0477. The number of carbonyl (C=O) groups is 1. The number of nitrogens with zero attached hydrogens (tertiary/aromatic N) is 2. The lowest BCUT2D eigenvalue weighted by Gasteiger charge is -2.04. The molecule has 0 bridgehead atoms. The van der Waals surface area contributed by atoms with Crippen LogP contribution in [0.2, 0.25) is 5.15 Å². The van der Waals surface area contributed by atoms with Crippen LogP contribution in [0.5, 0.6) is 0 Å². The molecule has 23 heavy (non-hydrogen) atoms. The summed E-state index contributed by atoms with van der Waals surface area (Å²) in [5.41, 5.74) is 2.32. The van der Waals surface area contributed by atoms with Crippen LogP contribution in [0.15, 0.2) is 48.7 Å². The van der Waals surface area contributed by atoms with Crippen LogP contribution < -0.4 is 0 Å². The Morgan fingerprint density at radius 2 is 2.00 bits per heavy atom. The van der Waals surface area contributed by atoms with E-state index >= 15 is 0 Å². The van der Waals surface area contributed by atoms with Gasteiger partial charge in [0, 0.05) is 17.3 Å². The van der Waals surface area contributed by atoms with E-state index < -0.39 is 5.97 Å². The molecule has 2 heterocycles. The number of benzene rings is 1. The molecule has 0 amide bonds. The first-order valence-corrected chi connectivity index (χ1v) is 8.14. The van der Waals surface area contributed by atoms with Crippen molar-refractivity contribution < 1.29 is 9.53 Å². The molecule has 0 aliphatic carbocycles. The minimum absolute atomic E-state index is 0.0868. The molecular formula is C17H13ClN2O2S. The predicted octanol–water partition coefficient (Wildman–Crippen LogP) is 4.52. The van der Waals surface area contributed by atoms with Gasteiger partial charge in [0.1, 0.15) is 21.6 Å². The number of carbonyl (C=O) groups excluding carboxylic acids is 1. The molecule has 6 heteroatoms. The first kappa shape index (κ1) is 15.6. The van der Waals surface area contributed by atoms with E-state index in [1.807, 2.05) is 30.3 Å². The Kier molecular flexibility index (Phi) is 4.69. The van der Waals surface area contributed by atoms with Crippen molar-refractivity contribution in [1.82, 2.24) is 9.97 Å². The smallest absolute Gasteiger partial charge is 0.350 e. The number of ether oxygens (including phenoxy) is 1. The maximum atomic E-state index is 12.3. The molecule has 0 fully saturated rings. The van der Waals surface area contributed by atoms with Gasteiger partial charge in [0.25, 0.3) is 0 Å². The molecule has 3 rings (SSSR count). The minimum atomic E-state index is -0.401. The third-order valence-electron chi connectivity index (χ3n) is 3.20. The summed E-state index contributed by atoms with van der Waals surface area (Å²) < 4.78 is 5.33. The Balaban J connectivity index is 1.75. The van der Waals surface area contributed by atoms with Gasteiger partial charge in [-0.25, -0.2) is 14.8 Å². The van der Waals surface area contributed by atoms with Gasteiger partial charge in [0.05, 0.1) is 5.69 Å². The number of aromatic nitrogens is 2. The number of hydrogen-bond donors (Lipinski definition) is 0. The first-order chi connectivity index (χ1) is 11.1. The normalized spacial score (nSPS) is 10.5. The number of esters is 1. The highest BCUT2D eigenvalue weighted by atomic mass is 35.5. The van der Waals surface area contributed by atoms with Crippen molar-refractivity contribution >= 4 is 28.9 Å². The van der Waals surface area contributed by atoms with E-state index in [-0.39, 0.29) is 6.61 Å². The highest BCUT2D eigenvalue weighted by Crippen LogP contribution is 2.28. The monoisotopic (exact) mass is 344 g/mol. The van der Waals surface area contributed by atoms with Gasteiger partial charge in [0.2, 0.25) is 0 Å². The van der Waals surface area contributed by atoms with Crippen molar-refractivity contribution in [3.63, 3.8) is 0 Å². The van der Waals surface area contributed by atoms with Crippen LogP contribution in [0, 0.1) is 6.92 Å². The van der Waals surface area contributed by atoms with Crippen LogP contribution in [0.4, 0.5) is 0 Å². The number of hydrogen-bond acceptors (Lipinski definition) is 5. The van der Waals surface area contributed by atoms with Crippen LogP contribution in [0.25, 0.3) is 10.6 Å². The van der Waals surface area contributed by atoms with Crippen molar-refractivity contribution in [2.45, 2.75) is 13.5 Å². The standard InChI is InChI=1S/C17H13ClN2O2S/c1-11-14(23-16(20-11)12-6-3-2-4-7-12)17(21)22-10-13-8-5-9-19-15(13)18/h2-9H,10H2,1H3. The predicted molar refractivity (Wildman–Crippen MR) is 90.7 cm³/mol. The van der Waals surface area contributed by atoms with E-state index in [1.54, 1.807) is 25.3 Å². The Morgan fingerprint density at radius 1 is 1.22 bits per heavy atom. The van der Waals surface area contributed by atoms with Gasteiger partial charge in [0.15, 0.2) is 0 Å². The van der Waals surface area contributed by atoms with Crippen molar-refractivity contribution in [2.75, 3.05) is 0 Å². The van der Waals surface area contributed by atoms with Gasteiger partial charge < -0.3 is 4.74 Å². The summed E-state index contributed by atoms with van der Waals surface area (Å²) in [5, 5.41) is 1.14. The topological polar surface area (TPSA) is 52.1 Å². The Labute approximate surface area is 142 Å². The van der Waals surface area contributed by atoms with Crippen molar-refractivity contribution in [3.05, 3.63) is 69.9 Å². The number of pyridine rings is 1. The van der Waals surface area contributed by atoms with Crippen molar-refractivity contribution in [1.29, 1.82) is 0 Å². The van der Waals surface area contributed by atoms with Gasteiger partial charge in [-0.15, -0.1) is 11.3 Å². The van der Waals surface area contributed by atoms with Crippen LogP contribution >= 0.6 is 22.9 Å². The van der Waals surface area contributed by atoms with Gasteiger partial charge in [-0.1, -0.05) is 48.0 Å². The summed E-state index contributed by atoms with van der Waals surface area (Å²) in [7, 11) is 0. The second-order valence-electron chi connectivity index (χ2n) is 4.83. The summed E-state index contributed by atoms with van der Waals surface area (Å²) in [4.78, 5) is 21.2. The summed E-state index contributed by atoms with van der Waals surface area (Å²) in [5.74, 6) is -0.401. The van der Waals surface area contributed by atoms with E-state index in [0.29, 0.717) is 21.3 Å². The fourth-order valence-electron chi connectivity index (χ4n) is 2.03. The third-order valence-corrected chi connectivity index (χ3v) is 4.72. The molecule has 0 aliphatic heterocycles. The fourth-order valence-corrected chi connectivity index (χ4v) is 3.17. The van der Waals surface area contributed by atoms with Crippen molar-refractivity contribution in [2.24, 2.45) is 0 Å². The Hall–Kier alpha value is -2.24. The first-order valence-electron chi connectivity index (χ1n) is 6.94. The molecule has 3 aromatic rings. The summed E-state index contributed by atoms with van der Waals surface area (Å²) in [6.07, 6.45) is 1.59. The largest absolute Gasteiger partial charge is 0.456 e. The van der Waals surface area contributed by atoms with E-state index in [2.05, 4.69) is 9.97 Å². The zero-order chi connectivity index (χ0) is 16.2. The molecule has 0 atom stereocenters. The van der Waals surface area contributed by atoms with Gasteiger partial charge in [-0.3, -0.25) is 0 Å². The van der Waals surface area contributed by atoms with E-state index in [0.717, 1.165) is 10.6 Å². The average molecular weight is 345 g/mol. The molecular weight excluding hydrogens is 332 g/mol. The number of aryl methyl sites for hydroxylation is 1. The van der Waals surface area contributed by atoms with E-state index in [1.165, 1.54) is 11.3 Å². The molecule has 0 radical (unpaired) electrons. The van der Waals surface area contributed by atoms with Crippen molar-refractivity contribution in [3.8, 4) is 10.6 Å². The van der Waals surface area contributed by atoms with Crippen LogP contribution in [0.3, 0.4) is 0 Å². The molecule has 2 aromatic heterocycles. The quantitative estimate of drug-likeness (QED) is 0.515. The van der Waals surface area contributed by atoms with Crippen LogP contribution in [-0.2, 0) is 11.3 Å². The summed E-state index contributed by atoms with van der Waals surface area (Å²) in [6, 6.07) is 13.3. The summed E-state index contributed by atoms with van der Waals surface area (Å²) in [6.45, 7) is 1.89. The van der Waals surface area contributed by atoms with Crippen LogP contribution in [-0.4, -0.2) is 15.9 Å². The molecule has 0 unspecified atom stereocenters. The molecule has 0 aliphatic rings. The van der Waals surface area contributed by atoms with Gasteiger partial charge in [-0.05, 0) is 13.0 Å². The maximum absolute atomic E-state index is 12.3. The SMILES string of the molecule is Cc1nc(-c2ccccc2)sc1C(=O)OCc1cccnc1Cl. The average Bonchev–Trinajstić information content (AvgIpc) is 2.97. The fraction of sp³-hybridized carbons (Fsp3) is 0.118. The molecule has 0 saturated carbocycles. The zero-order valence-corrected chi connectivity index (χ0v) is 13.9. The van der Waals surface area contributed by atoms with E-state index in [4.69, 9.17) is 16.3 Å². The molecule has 0 spiro atoms.